The molecular weight excluding hydrogens is 234 g/mol. The molecule has 0 radical (unpaired) electrons. The minimum atomic E-state index is 0.862. The molecule has 1 heterocycles. The Labute approximate surface area is 115 Å². The van der Waals surface area contributed by atoms with Gasteiger partial charge in [0, 0.05) is 12.2 Å². The van der Waals surface area contributed by atoms with Crippen molar-refractivity contribution in [1.82, 2.24) is 15.1 Å². The molecule has 0 aliphatic heterocycles. The second-order valence-electron chi connectivity index (χ2n) is 4.79. The first-order chi connectivity index (χ1) is 9.28. The van der Waals surface area contributed by atoms with E-state index in [2.05, 4.69) is 54.2 Å². The van der Waals surface area contributed by atoms with E-state index < -0.39 is 0 Å². The van der Waals surface area contributed by atoms with Crippen molar-refractivity contribution in [2.75, 3.05) is 7.05 Å². The number of hydrogen-bond acceptors (Lipinski definition) is 2. The van der Waals surface area contributed by atoms with Crippen LogP contribution in [0.2, 0.25) is 0 Å². The second kappa shape index (κ2) is 6.53. The molecule has 1 aromatic heterocycles. The molecule has 0 fully saturated rings. The number of nitrogens with zero attached hydrogens (tertiary/aromatic N) is 2. The fourth-order valence-corrected chi connectivity index (χ4v) is 2.35. The Kier molecular flexibility index (Phi) is 4.74. The summed E-state index contributed by atoms with van der Waals surface area (Å²) in [5, 5.41) is 7.92. The lowest BCUT2D eigenvalue weighted by Gasteiger charge is -2.11. The Morgan fingerprint density at radius 1 is 1.11 bits per heavy atom. The van der Waals surface area contributed by atoms with Gasteiger partial charge in [0.15, 0.2) is 0 Å². The molecule has 0 unspecified atom stereocenters. The van der Waals surface area contributed by atoms with Gasteiger partial charge >= 0.3 is 0 Å². The van der Waals surface area contributed by atoms with E-state index in [9.17, 15) is 0 Å². The number of hydrogen-bond donors (Lipinski definition) is 1. The second-order valence-corrected chi connectivity index (χ2v) is 4.79. The summed E-state index contributed by atoms with van der Waals surface area (Å²) in [4.78, 5) is 0. The van der Waals surface area contributed by atoms with Crippen molar-refractivity contribution >= 4 is 0 Å². The predicted molar refractivity (Wildman–Crippen MR) is 79.3 cm³/mol. The van der Waals surface area contributed by atoms with Crippen LogP contribution in [0, 0.1) is 0 Å². The molecule has 0 aliphatic carbocycles. The largest absolute Gasteiger partial charge is 0.316 e. The van der Waals surface area contributed by atoms with Crippen LogP contribution in [0.3, 0.4) is 0 Å². The lowest BCUT2D eigenvalue weighted by Crippen LogP contribution is -2.12. The van der Waals surface area contributed by atoms with Gasteiger partial charge in [0.25, 0.3) is 0 Å². The third kappa shape index (κ3) is 3.24. The molecule has 3 heteroatoms. The van der Waals surface area contributed by atoms with E-state index in [1.807, 2.05) is 7.05 Å². The first-order valence-corrected chi connectivity index (χ1v) is 7.05. The van der Waals surface area contributed by atoms with E-state index in [1.165, 1.54) is 22.5 Å². The van der Waals surface area contributed by atoms with Gasteiger partial charge in [-0.2, -0.15) is 5.10 Å². The summed E-state index contributed by atoms with van der Waals surface area (Å²) in [7, 11) is 1.98. The molecule has 0 atom stereocenters. The smallest absolute Gasteiger partial charge is 0.0665 e. The molecule has 1 N–H and O–H groups in total. The van der Waals surface area contributed by atoms with Gasteiger partial charge in [-0.05, 0) is 37.1 Å². The number of nitrogens with one attached hydrogen (secondary N) is 1. The number of aryl methyl sites for hydroxylation is 2. The minimum absolute atomic E-state index is 0.862. The molecule has 2 aromatic rings. The van der Waals surface area contributed by atoms with Gasteiger partial charge in [-0.15, -0.1) is 0 Å². The van der Waals surface area contributed by atoms with E-state index >= 15 is 0 Å². The van der Waals surface area contributed by atoms with Crippen molar-refractivity contribution < 1.29 is 0 Å². The summed E-state index contributed by atoms with van der Waals surface area (Å²) in [6.45, 7) is 6.11. The molecule has 19 heavy (non-hydrogen) atoms. The quantitative estimate of drug-likeness (QED) is 0.862. The molecule has 0 saturated carbocycles. The number of rotatable bonds is 6. The van der Waals surface area contributed by atoms with Gasteiger partial charge in [-0.25, -0.2) is 0 Å². The average molecular weight is 257 g/mol. The van der Waals surface area contributed by atoms with E-state index in [1.54, 1.807) is 0 Å². The van der Waals surface area contributed by atoms with Crippen molar-refractivity contribution in [2.45, 2.75) is 39.8 Å². The molecular formula is C16H23N3. The Hall–Kier alpha value is -1.61. The topological polar surface area (TPSA) is 29.9 Å². The molecule has 102 valence electrons. The highest BCUT2D eigenvalue weighted by molar-refractivity contribution is 5.27. The monoisotopic (exact) mass is 257 g/mol. The Bertz CT molecular complexity index is 529. The van der Waals surface area contributed by atoms with Crippen LogP contribution in [-0.2, 0) is 25.9 Å². The zero-order chi connectivity index (χ0) is 13.7. The van der Waals surface area contributed by atoms with Gasteiger partial charge in [0.1, 0.15) is 0 Å². The van der Waals surface area contributed by atoms with Crippen molar-refractivity contribution in [3.63, 3.8) is 0 Å². The lowest BCUT2D eigenvalue weighted by atomic mass is 10.1. The maximum Gasteiger partial charge on any atom is 0.0665 e. The molecule has 0 saturated heterocycles. The zero-order valence-electron chi connectivity index (χ0n) is 12.1. The van der Waals surface area contributed by atoms with Gasteiger partial charge in [0.05, 0.1) is 12.2 Å². The van der Waals surface area contributed by atoms with Gasteiger partial charge in [-0.3, -0.25) is 4.68 Å². The SMILES string of the molecule is CCc1cc(CC)n(Cc2ccccc2CNC)n1. The van der Waals surface area contributed by atoms with Crippen LogP contribution in [0.1, 0.15) is 36.4 Å². The van der Waals surface area contributed by atoms with Crippen LogP contribution in [0.4, 0.5) is 0 Å². The number of aromatic nitrogens is 2. The summed E-state index contributed by atoms with van der Waals surface area (Å²) >= 11 is 0. The highest BCUT2D eigenvalue weighted by atomic mass is 15.3. The summed E-state index contributed by atoms with van der Waals surface area (Å²) in [5.41, 5.74) is 5.19. The fourth-order valence-electron chi connectivity index (χ4n) is 2.35. The van der Waals surface area contributed by atoms with Gasteiger partial charge in [0.2, 0.25) is 0 Å². The molecule has 0 spiro atoms. The highest BCUT2D eigenvalue weighted by Crippen LogP contribution is 2.13. The zero-order valence-corrected chi connectivity index (χ0v) is 12.1. The average Bonchev–Trinajstić information content (AvgIpc) is 2.83. The van der Waals surface area contributed by atoms with Crippen molar-refractivity contribution in [3.8, 4) is 0 Å². The summed E-state index contributed by atoms with van der Waals surface area (Å²) < 4.78 is 2.15. The van der Waals surface area contributed by atoms with Crippen LogP contribution in [-0.4, -0.2) is 16.8 Å². The summed E-state index contributed by atoms with van der Waals surface area (Å²) in [6.07, 6.45) is 2.03. The molecule has 2 rings (SSSR count). The molecule has 0 amide bonds. The molecule has 1 aromatic carbocycles. The maximum absolute atomic E-state index is 4.69. The summed E-state index contributed by atoms with van der Waals surface area (Å²) in [6, 6.07) is 10.8. The van der Waals surface area contributed by atoms with Crippen molar-refractivity contribution in [2.24, 2.45) is 0 Å². The van der Waals surface area contributed by atoms with E-state index in [4.69, 9.17) is 5.10 Å². The fraction of sp³-hybridized carbons (Fsp3) is 0.438. The van der Waals surface area contributed by atoms with E-state index in [0.717, 1.165) is 25.9 Å². The van der Waals surface area contributed by atoms with Gasteiger partial charge in [-0.1, -0.05) is 38.1 Å². The van der Waals surface area contributed by atoms with E-state index in [0.29, 0.717) is 0 Å². The first-order valence-electron chi connectivity index (χ1n) is 7.05. The highest BCUT2D eigenvalue weighted by Gasteiger charge is 2.08. The summed E-state index contributed by atoms with van der Waals surface area (Å²) in [5.74, 6) is 0. The number of benzene rings is 1. The molecule has 0 bridgehead atoms. The Morgan fingerprint density at radius 3 is 2.47 bits per heavy atom. The van der Waals surface area contributed by atoms with Crippen LogP contribution in [0.15, 0.2) is 30.3 Å². The Morgan fingerprint density at radius 2 is 1.84 bits per heavy atom. The normalized spacial score (nSPS) is 10.9. The van der Waals surface area contributed by atoms with Crippen LogP contribution in [0.5, 0.6) is 0 Å². The first kappa shape index (κ1) is 13.8. The molecule has 0 aliphatic rings. The van der Waals surface area contributed by atoms with Crippen LogP contribution >= 0.6 is 0 Å². The minimum Gasteiger partial charge on any atom is -0.316 e. The lowest BCUT2D eigenvalue weighted by molar-refractivity contribution is 0.633. The van der Waals surface area contributed by atoms with E-state index in [-0.39, 0.29) is 0 Å². The third-order valence-electron chi connectivity index (χ3n) is 3.44. The van der Waals surface area contributed by atoms with Crippen LogP contribution < -0.4 is 5.32 Å². The standard InChI is InChI=1S/C16H23N3/c1-4-15-10-16(5-2)19(18-15)12-14-9-7-6-8-13(14)11-17-3/h6-10,17H,4-5,11-12H2,1-3H3. The maximum atomic E-state index is 4.69. The van der Waals surface area contributed by atoms with Gasteiger partial charge < -0.3 is 5.32 Å². The molecule has 3 nitrogen and oxygen atoms in total. The predicted octanol–water partition coefficient (Wildman–Crippen LogP) is 2.78. The van der Waals surface area contributed by atoms with Crippen molar-refractivity contribution in [1.29, 1.82) is 0 Å². The third-order valence-corrected chi connectivity index (χ3v) is 3.44. The van der Waals surface area contributed by atoms with Crippen molar-refractivity contribution in [3.05, 3.63) is 52.8 Å². The van der Waals surface area contributed by atoms with Crippen LogP contribution in [0.25, 0.3) is 0 Å². The Balaban J connectivity index is 2.27.